The summed E-state index contributed by atoms with van der Waals surface area (Å²) >= 11 is 0. The minimum absolute atomic E-state index is 0. The maximum absolute atomic E-state index is 13.3. The number of carboxylic acid groups (broad SMARTS) is 2. The summed E-state index contributed by atoms with van der Waals surface area (Å²) < 4.78 is 452. The molecule has 72 heteroatoms. The van der Waals surface area contributed by atoms with Gasteiger partial charge in [0.25, 0.3) is 0 Å². The molecule has 0 radical (unpaired) electrons. The first-order valence-electron chi connectivity index (χ1n) is 28.8. The third-order valence-corrected chi connectivity index (χ3v) is 18.6. The van der Waals surface area contributed by atoms with Gasteiger partial charge in [0.15, 0.2) is 55.9 Å². The van der Waals surface area contributed by atoms with Crippen LogP contribution >= 0.6 is 0 Å². The molecule has 0 bridgehead atoms. The second kappa shape index (κ2) is 54.1. The molecule has 114 heavy (non-hydrogen) atoms. The number of carboxylic acids is 2. The molecule has 55 nitrogen and oxygen atoms in total. The fourth-order valence-corrected chi connectivity index (χ4v) is 14.5. The Hall–Kier alpha value is 5.17. The van der Waals surface area contributed by atoms with E-state index in [9.17, 15) is 137 Å². The van der Waals surface area contributed by atoms with E-state index < -0.39 is 279 Å². The third-order valence-electron chi connectivity index (χ3n) is 14.6. The van der Waals surface area contributed by atoms with Gasteiger partial charge in [-0.1, -0.05) is 26.7 Å². The Morgan fingerprint density at radius 3 is 0.798 bits per heavy atom. The van der Waals surface area contributed by atoms with Gasteiger partial charge in [0, 0.05) is 41.7 Å². The second-order valence-corrected chi connectivity index (χ2v) is 30.8. The number of unbranched alkanes of at least 4 members (excludes halogenated alkanes) is 2. The van der Waals surface area contributed by atoms with E-state index in [0.717, 1.165) is 0 Å². The van der Waals surface area contributed by atoms with Crippen LogP contribution in [0.1, 0.15) is 39.5 Å². The molecule has 5 heterocycles. The number of rotatable bonds is 43. The molecule has 25 atom stereocenters. The molecule has 0 spiro atoms. The van der Waals surface area contributed by atoms with Crippen LogP contribution in [0.15, 0.2) is 0 Å². The van der Waals surface area contributed by atoms with Crippen molar-refractivity contribution < 1.29 is 482 Å². The van der Waals surface area contributed by atoms with Crippen molar-refractivity contribution in [2.45, 2.75) is 193 Å². The summed E-state index contributed by atoms with van der Waals surface area (Å²) in [7, 11) is -54.5. The van der Waals surface area contributed by atoms with Gasteiger partial charge in [0.05, 0.1) is 31.8 Å². The first-order chi connectivity index (χ1) is 48.5. The smallest absolute Gasteiger partial charge is 0.726 e. The van der Waals surface area contributed by atoms with Crippen LogP contribution in [0.25, 0.3) is 0 Å². The molecule has 5 aliphatic rings. The molecule has 0 amide bonds. The fraction of sp³-hybridized carbons (Fsp3) is 0.952. The molecular weight excluding hydrogens is 1860 g/mol. The maximum atomic E-state index is 13.3. The van der Waals surface area contributed by atoms with E-state index in [4.69, 9.17) is 75.2 Å². The van der Waals surface area contributed by atoms with Crippen LogP contribution in [0.4, 0.5) is 0 Å². The summed E-state index contributed by atoms with van der Waals surface area (Å²) in [6, 6.07) is 0. The van der Waals surface area contributed by atoms with Gasteiger partial charge in [0.2, 0.25) is 93.6 Å². The Kier molecular flexibility index (Phi) is 59.5. The van der Waals surface area contributed by atoms with Crippen LogP contribution in [0, 0.1) is 0 Å². The van der Waals surface area contributed by atoms with Crippen LogP contribution in [0.5, 0.6) is 0 Å². The van der Waals surface area contributed by atoms with Crippen molar-refractivity contribution in [3.05, 3.63) is 0 Å². The van der Waals surface area contributed by atoms with E-state index in [1.807, 2.05) is 0 Å². The van der Waals surface area contributed by atoms with Crippen LogP contribution in [-0.2, 0) is 212 Å². The molecule has 624 valence electrons. The standard InChI is InChI=1S/C42H72O55S9.8Na/c1-7-9-11-78-19-16(13-80-98(47,48)49)84-40(33(95-104(65,66)67)24(19)79-12-10-8-2)88-25-22(74-3)31(76-5)39(90-29(25)36(43)44)86-21-18(15-82-100(53,54)55)85-41(35(97-106(71,72)73)28(21)93-102(59,60)61)89-26-23(75-4)32(94-103(62,63)64)42(91-30(26)37(45)46)87-20-17(14-81-99(50,51)52)83-38(77-6)34(96-105(68,69)70)27(20)92-101(56,57)58;;;;;;;;/h16-35,38-42H,7-15H2,1-6H3,(H,43,44)(H,45,46)(H,47,48,49)(H,50,51,52)(H,53,54,55)(H,56,57,58)(H,59,60,61)(H,62,63,64)(H,65,66,67)(H,68,69,70)(H,71,72,73);;;;;;;;/q;8*+1/p-11. The number of hydrogen-bond acceptors (Lipinski definition) is 55. The SMILES string of the molecule is CCCCOC1C(COS(=O)(=O)[O-])OC(OC2C(C(=O)[O-])OC(OC3C(COS(=O)(=O)[O-])OC(OC4C(C(=O)[O-])OC(OC5C(COS(=O)(=O)[O-])OC(OC)C(OS(=O)(=O)[O-])C5OS(=O)(=O)[O-])C(OS(=O)(=O)[O-])C4OC)C(OS(=O)(=O)[O-])C3OS(=O)(=O)[O-])C(OC)C2OC)C(OS(=O)(=O)[O-])C1OCCCC.[Na+].[Na+].[Na+].[Na+].[Na+].[Na+].[Na+].[Na+]. The molecule has 0 N–H and O–H groups in total. The van der Waals surface area contributed by atoms with Gasteiger partial charge in [-0.2, -0.15) is 0 Å². The number of methoxy groups -OCH3 is 4. The quantitative estimate of drug-likeness (QED) is 0.0237. The molecule has 0 aromatic carbocycles. The van der Waals surface area contributed by atoms with Crippen molar-refractivity contribution in [3.8, 4) is 0 Å². The van der Waals surface area contributed by atoms with Gasteiger partial charge >= 0.3 is 236 Å². The van der Waals surface area contributed by atoms with Crippen molar-refractivity contribution in [1.29, 1.82) is 0 Å². The molecule has 5 fully saturated rings. The number of hydrogen-bond donors (Lipinski definition) is 0. The Labute approximate surface area is 829 Å². The molecule has 25 unspecified atom stereocenters. The van der Waals surface area contributed by atoms with E-state index in [1.54, 1.807) is 13.8 Å². The molecule has 0 aromatic heterocycles. The van der Waals surface area contributed by atoms with Gasteiger partial charge in [0.1, 0.15) is 97.7 Å². The van der Waals surface area contributed by atoms with E-state index in [-0.39, 0.29) is 263 Å². The molecular formula is C42H61Na8O55S9-3. The zero-order chi connectivity index (χ0) is 80.4. The van der Waals surface area contributed by atoms with Gasteiger partial charge in [-0.25, -0.2) is 75.8 Å². The number of carbonyl (C=O) groups excluding carboxylic acids is 2. The Balaban J connectivity index is -0.00000756. The van der Waals surface area contributed by atoms with Gasteiger partial charge in [-0.3, -0.25) is 37.6 Å². The Bertz CT molecular complexity index is 4020. The van der Waals surface area contributed by atoms with Crippen LogP contribution in [-0.4, -0.2) is 344 Å². The minimum Gasteiger partial charge on any atom is -0.726 e. The largest absolute Gasteiger partial charge is 1.00 e. The summed E-state index contributed by atoms with van der Waals surface area (Å²) in [4.78, 5) is 26.6. The first-order valence-corrected chi connectivity index (χ1v) is 40.8. The van der Waals surface area contributed by atoms with Gasteiger partial charge in [-0.05, 0) is 12.8 Å². The molecule has 5 aliphatic heterocycles. The second-order valence-electron chi connectivity index (χ2n) is 21.6. The van der Waals surface area contributed by atoms with Crippen molar-refractivity contribution in [3.63, 3.8) is 0 Å². The number of ether oxygens (including phenoxy) is 15. The van der Waals surface area contributed by atoms with E-state index in [1.165, 1.54) is 0 Å². The van der Waals surface area contributed by atoms with Crippen LogP contribution in [0.3, 0.4) is 0 Å². The molecule has 0 aliphatic carbocycles. The van der Waals surface area contributed by atoms with Crippen molar-refractivity contribution >= 4 is 106 Å². The Morgan fingerprint density at radius 1 is 0.281 bits per heavy atom. The van der Waals surface area contributed by atoms with Crippen molar-refractivity contribution in [2.24, 2.45) is 0 Å². The average Bonchev–Trinajstić information content (AvgIpc) is 0.756. The van der Waals surface area contributed by atoms with Crippen molar-refractivity contribution in [2.75, 3.05) is 61.5 Å². The van der Waals surface area contributed by atoms with E-state index in [2.05, 4.69) is 33.5 Å². The van der Waals surface area contributed by atoms with Crippen LogP contribution < -0.4 is 247 Å². The summed E-state index contributed by atoms with van der Waals surface area (Å²) in [6.45, 7) is -2.74. The summed E-state index contributed by atoms with van der Waals surface area (Å²) in [5, 5.41) is 26.6. The zero-order valence-corrected chi connectivity index (χ0v) is 85.3. The van der Waals surface area contributed by atoms with Gasteiger partial charge < -0.3 is 132 Å². The summed E-state index contributed by atoms with van der Waals surface area (Å²) in [5.74, 6) is -5.38. The monoisotopic (exact) mass is 1920 g/mol. The molecule has 0 aromatic rings. The third kappa shape index (κ3) is 41.5. The normalized spacial score (nSPS) is 32.6. The van der Waals surface area contributed by atoms with Crippen LogP contribution in [0.2, 0.25) is 0 Å². The van der Waals surface area contributed by atoms with E-state index in [0.29, 0.717) is 41.3 Å². The zero-order valence-electron chi connectivity index (χ0n) is 61.9. The molecule has 5 saturated heterocycles. The average molecular weight is 1920 g/mol. The first kappa shape index (κ1) is 125. The molecule has 5 rings (SSSR count). The summed E-state index contributed by atoms with van der Waals surface area (Å²) in [6.07, 6.45) is -71.2. The topological polar surface area (TPSA) is 817 Å². The predicted octanol–water partition coefficient (Wildman–Crippen LogP) is -36.8. The Morgan fingerprint density at radius 2 is 0.518 bits per heavy atom. The molecule has 0 saturated carbocycles. The van der Waals surface area contributed by atoms with E-state index >= 15 is 0 Å². The fourth-order valence-electron chi connectivity index (χ4n) is 10.7. The summed E-state index contributed by atoms with van der Waals surface area (Å²) in [5.41, 5.74) is 0. The number of carbonyl (C=O) groups is 2. The minimum atomic E-state index is -6.72. The predicted molar refractivity (Wildman–Crippen MR) is 296 cm³/mol. The van der Waals surface area contributed by atoms with Crippen molar-refractivity contribution in [1.82, 2.24) is 0 Å². The maximum Gasteiger partial charge on any atom is 1.00 e. The number of aliphatic carboxylic acids is 2. The van der Waals surface area contributed by atoms with Gasteiger partial charge in [-0.15, -0.1) is 0 Å².